The number of anilines is 1. The molecule has 1 aromatic heterocycles. The highest BCUT2D eigenvalue weighted by atomic mass is 16.1. The van der Waals surface area contributed by atoms with Crippen LogP contribution in [0.25, 0.3) is 21.8 Å². The van der Waals surface area contributed by atoms with Crippen molar-refractivity contribution in [2.75, 3.05) is 5.32 Å². The summed E-state index contributed by atoms with van der Waals surface area (Å²) in [6.07, 6.45) is 2.32. The van der Waals surface area contributed by atoms with Gasteiger partial charge in [0.25, 0.3) is 0 Å². The lowest BCUT2D eigenvalue weighted by atomic mass is 10.1. The molecule has 4 heteroatoms. The van der Waals surface area contributed by atoms with Gasteiger partial charge in [-0.05, 0) is 47.9 Å². The lowest BCUT2D eigenvalue weighted by Gasteiger charge is -2.10. The monoisotopic (exact) mass is 341 g/mol. The fraction of sp³-hybridized carbons (Fsp3) is 0.182. The summed E-state index contributed by atoms with van der Waals surface area (Å²) in [5.74, 6) is 1.51. The van der Waals surface area contributed by atoms with Gasteiger partial charge in [-0.25, -0.2) is 4.98 Å². The number of nitrogens with zero attached hydrogens (tertiary/aromatic N) is 2. The molecule has 0 saturated heterocycles. The topological polar surface area (TPSA) is 46.9 Å². The standard InChI is InChI=1S/C22H19N3O/c26-21(23-18-12-11-15-5-1-2-6-17(15)13-18)14-25-20-8-4-3-7-19(20)24-22(25)16-9-10-16/h1-8,11-13,16H,9-10,14H2,(H,23,26). The highest BCUT2D eigenvalue weighted by Gasteiger charge is 2.30. The Kier molecular flexibility index (Phi) is 3.49. The molecule has 4 aromatic rings. The fourth-order valence-electron chi connectivity index (χ4n) is 3.52. The number of hydrogen-bond donors (Lipinski definition) is 1. The van der Waals surface area contributed by atoms with E-state index in [-0.39, 0.29) is 5.91 Å². The Hall–Kier alpha value is -3.14. The number of nitrogens with one attached hydrogen (secondary N) is 1. The van der Waals surface area contributed by atoms with E-state index in [9.17, 15) is 4.79 Å². The molecule has 3 aromatic carbocycles. The normalized spacial score (nSPS) is 14.0. The smallest absolute Gasteiger partial charge is 0.244 e. The molecular formula is C22H19N3O. The van der Waals surface area contributed by atoms with Crippen molar-refractivity contribution in [3.8, 4) is 0 Å². The molecular weight excluding hydrogens is 322 g/mol. The molecule has 128 valence electrons. The number of para-hydroxylation sites is 2. The fourth-order valence-corrected chi connectivity index (χ4v) is 3.52. The zero-order chi connectivity index (χ0) is 17.5. The highest BCUT2D eigenvalue weighted by molar-refractivity contribution is 5.95. The van der Waals surface area contributed by atoms with Crippen LogP contribution >= 0.6 is 0 Å². The summed E-state index contributed by atoms with van der Waals surface area (Å²) in [5, 5.41) is 5.33. The van der Waals surface area contributed by atoms with Gasteiger partial charge in [0.2, 0.25) is 5.91 Å². The number of benzene rings is 3. The van der Waals surface area contributed by atoms with E-state index in [1.165, 1.54) is 5.39 Å². The van der Waals surface area contributed by atoms with Crippen molar-refractivity contribution in [2.24, 2.45) is 0 Å². The van der Waals surface area contributed by atoms with Gasteiger partial charge in [-0.15, -0.1) is 0 Å². The molecule has 1 saturated carbocycles. The Balaban J connectivity index is 1.43. The zero-order valence-electron chi connectivity index (χ0n) is 14.4. The third-order valence-corrected chi connectivity index (χ3v) is 4.96. The van der Waals surface area contributed by atoms with E-state index in [0.29, 0.717) is 12.5 Å². The average molecular weight is 341 g/mol. The molecule has 0 radical (unpaired) electrons. The highest BCUT2D eigenvalue weighted by Crippen LogP contribution is 2.40. The second-order valence-electron chi connectivity index (χ2n) is 6.93. The van der Waals surface area contributed by atoms with Gasteiger partial charge >= 0.3 is 0 Å². The van der Waals surface area contributed by atoms with E-state index in [4.69, 9.17) is 4.98 Å². The zero-order valence-corrected chi connectivity index (χ0v) is 14.4. The second kappa shape index (κ2) is 5.99. The first-order valence-electron chi connectivity index (χ1n) is 9.02. The summed E-state index contributed by atoms with van der Waals surface area (Å²) >= 11 is 0. The first kappa shape index (κ1) is 15.1. The number of hydrogen-bond acceptors (Lipinski definition) is 2. The van der Waals surface area contributed by atoms with Crippen molar-refractivity contribution in [1.29, 1.82) is 0 Å². The van der Waals surface area contributed by atoms with Crippen LogP contribution in [0.4, 0.5) is 5.69 Å². The maximum absolute atomic E-state index is 12.7. The number of carbonyl (C=O) groups excluding carboxylic acids is 1. The molecule has 1 aliphatic rings. The van der Waals surface area contributed by atoms with Crippen molar-refractivity contribution in [1.82, 2.24) is 9.55 Å². The van der Waals surface area contributed by atoms with Gasteiger partial charge < -0.3 is 9.88 Å². The van der Waals surface area contributed by atoms with E-state index in [1.807, 2.05) is 54.6 Å². The molecule has 0 atom stereocenters. The van der Waals surface area contributed by atoms with E-state index in [2.05, 4.69) is 22.0 Å². The molecule has 0 unspecified atom stereocenters. The minimum absolute atomic E-state index is 0.0228. The molecule has 0 aliphatic heterocycles. The van der Waals surface area contributed by atoms with Crippen LogP contribution in [0.5, 0.6) is 0 Å². The quantitative estimate of drug-likeness (QED) is 0.584. The Morgan fingerprint density at radius 3 is 2.62 bits per heavy atom. The van der Waals surface area contributed by atoms with Crippen LogP contribution in [0.1, 0.15) is 24.6 Å². The number of aromatic nitrogens is 2. The first-order chi connectivity index (χ1) is 12.8. The largest absolute Gasteiger partial charge is 0.325 e. The van der Waals surface area contributed by atoms with Crippen LogP contribution in [0, 0.1) is 0 Å². The van der Waals surface area contributed by atoms with Crippen LogP contribution in [-0.2, 0) is 11.3 Å². The Labute approximate surface area is 151 Å². The van der Waals surface area contributed by atoms with Crippen LogP contribution in [0.15, 0.2) is 66.7 Å². The van der Waals surface area contributed by atoms with Gasteiger partial charge in [-0.3, -0.25) is 4.79 Å². The molecule has 1 aliphatic carbocycles. The minimum atomic E-state index is -0.0228. The Morgan fingerprint density at radius 1 is 1.00 bits per heavy atom. The molecule has 26 heavy (non-hydrogen) atoms. The average Bonchev–Trinajstić information content (AvgIpc) is 3.45. The predicted octanol–water partition coefficient (Wildman–Crippen LogP) is 4.71. The minimum Gasteiger partial charge on any atom is -0.325 e. The second-order valence-corrected chi connectivity index (χ2v) is 6.93. The summed E-state index contributed by atoms with van der Waals surface area (Å²) < 4.78 is 2.07. The van der Waals surface area contributed by atoms with Crippen LogP contribution < -0.4 is 5.32 Å². The van der Waals surface area contributed by atoms with Gasteiger partial charge in [0.15, 0.2) is 0 Å². The summed E-state index contributed by atoms with van der Waals surface area (Å²) in [4.78, 5) is 17.5. The summed E-state index contributed by atoms with van der Waals surface area (Å²) in [6, 6.07) is 22.2. The third kappa shape index (κ3) is 2.73. The van der Waals surface area contributed by atoms with Gasteiger partial charge in [-0.1, -0.05) is 42.5 Å². The van der Waals surface area contributed by atoms with Gasteiger partial charge in [-0.2, -0.15) is 0 Å². The maximum atomic E-state index is 12.7. The first-order valence-corrected chi connectivity index (χ1v) is 9.02. The molecule has 0 spiro atoms. The maximum Gasteiger partial charge on any atom is 0.244 e. The molecule has 5 rings (SSSR count). The van der Waals surface area contributed by atoms with Gasteiger partial charge in [0.1, 0.15) is 12.4 Å². The number of imidazole rings is 1. The SMILES string of the molecule is O=C(Cn1c(C2CC2)nc2ccccc21)Nc1ccc2ccccc2c1. The van der Waals surface area contributed by atoms with E-state index in [0.717, 1.165) is 40.8 Å². The molecule has 1 fully saturated rings. The number of amides is 1. The van der Waals surface area contributed by atoms with Gasteiger partial charge in [0.05, 0.1) is 11.0 Å². The molecule has 1 heterocycles. The van der Waals surface area contributed by atoms with E-state index >= 15 is 0 Å². The summed E-state index contributed by atoms with van der Waals surface area (Å²) in [6.45, 7) is 0.291. The summed E-state index contributed by atoms with van der Waals surface area (Å²) in [5.41, 5.74) is 2.82. The van der Waals surface area contributed by atoms with Gasteiger partial charge in [0, 0.05) is 11.6 Å². The van der Waals surface area contributed by atoms with E-state index < -0.39 is 0 Å². The van der Waals surface area contributed by atoms with Crippen LogP contribution in [0.3, 0.4) is 0 Å². The van der Waals surface area contributed by atoms with Crippen molar-refractivity contribution in [3.63, 3.8) is 0 Å². The number of fused-ring (bicyclic) bond motifs is 2. The molecule has 1 amide bonds. The number of carbonyl (C=O) groups is 1. The number of rotatable bonds is 4. The molecule has 4 nitrogen and oxygen atoms in total. The molecule has 0 bridgehead atoms. The van der Waals surface area contributed by atoms with Crippen LogP contribution in [0.2, 0.25) is 0 Å². The molecule has 1 N–H and O–H groups in total. The lowest BCUT2D eigenvalue weighted by molar-refractivity contribution is -0.116. The Bertz CT molecular complexity index is 1120. The van der Waals surface area contributed by atoms with Crippen molar-refractivity contribution < 1.29 is 4.79 Å². The van der Waals surface area contributed by atoms with Crippen molar-refractivity contribution >= 4 is 33.4 Å². The van der Waals surface area contributed by atoms with Crippen molar-refractivity contribution in [2.45, 2.75) is 25.3 Å². The van der Waals surface area contributed by atoms with Crippen molar-refractivity contribution in [3.05, 3.63) is 72.6 Å². The Morgan fingerprint density at radius 2 is 1.77 bits per heavy atom. The summed E-state index contributed by atoms with van der Waals surface area (Å²) in [7, 11) is 0. The van der Waals surface area contributed by atoms with E-state index in [1.54, 1.807) is 0 Å². The third-order valence-electron chi connectivity index (χ3n) is 4.96. The predicted molar refractivity (Wildman–Crippen MR) is 104 cm³/mol. The lowest BCUT2D eigenvalue weighted by Crippen LogP contribution is -2.20. The van der Waals surface area contributed by atoms with Crippen LogP contribution in [-0.4, -0.2) is 15.5 Å².